The molecule has 0 fully saturated rings. The van der Waals surface area contributed by atoms with Crippen LogP contribution in [0.3, 0.4) is 0 Å². The Balaban J connectivity index is 1.47. The number of nitrogens with zero attached hydrogens (tertiary/aromatic N) is 4. The van der Waals surface area contributed by atoms with Gasteiger partial charge in [-0.25, -0.2) is 4.98 Å². The topological polar surface area (TPSA) is 70.5 Å². The molecule has 8 heteroatoms. The van der Waals surface area contributed by atoms with Crippen LogP contribution in [0.2, 0.25) is 0 Å². The van der Waals surface area contributed by atoms with Crippen LogP contribution in [0.15, 0.2) is 53.9 Å². The molecule has 1 N–H and O–H groups in total. The molecule has 2 amide bonds. The van der Waals surface area contributed by atoms with Gasteiger partial charge in [0, 0.05) is 29.9 Å². The minimum atomic E-state index is -0.265. The van der Waals surface area contributed by atoms with Crippen molar-refractivity contribution >= 4 is 44.9 Å². The van der Waals surface area contributed by atoms with E-state index in [0.717, 1.165) is 40.0 Å². The van der Waals surface area contributed by atoms with E-state index in [2.05, 4.69) is 31.9 Å². The first-order valence-electron chi connectivity index (χ1n) is 11.0. The van der Waals surface area contributed by atoms with E-state index >= 15 is 0 Å². The average molecular weight is 458 g/mol. The number of hydrogen-bond donors (Lipinski definition) is 1. The van der Waals surface area contributed by atoms with E-state index in [0.29, 0.717) is 11.7 Å². The summed E-state index contributed by atoms with van der Waals surface area (Å²) < 4.78 is 2.08. The van der Waals surface area contributed by atoms with Gasteiger partial charge in [-0.15, -0.1) is 11.3 Å². The van der Waals surface area contributed by atoms with Crippen molar-refractivity contribution in [2.75, 3.05) is 23.8 Å². The van der Waals surface area contributed by atoms with E-state index in [4.69, 9.17) is 0 Å². The number of benzene rings is 2. The van der Waals surface area contributed by atoms with Gasteiger partial charge in [0.25, 0.3) is 5.91 Å². The smallest absolute Gasteiger partial charge is 0.257 e. The van der Waals surface area contributed by atoms with Crippen molar-refractivity contribution in [2.45, 2.75) is 26.1 Å². The lowest BCUT2D eigenvalue weighted by atomic mass is 9.96. The van der Waals surface area contributed by atoms with Crippen molar-refractivity contribution in [1.82, 2.24) is 14.5 Å². The lowest BCUT2D eigenvalue weighted by molar-refractivity contribution is -0.116. The summed E-state index contributed by atoms with van der Waals surface area (Å²) in [6, 6.07) is 15.9. The molecule has 33 heavy (non-hydrogen) atoms. The molecule has 6 rings (SSSR count). The van der Waals surface area contributed by atoms with Gasteiger partial charge in [0.1, 0.15) is 12.7 Å². The molecular formula is C25H23N5O2S. The first kappa shape index (κ1) is 20.0. The number of aryl methyl sites for hydroxylation is 1. The third kappa shape index (κ3) is 3.05. The second-order valence-corrected chi connectivity index (χ2v) is 9.42. The van der Waals surface area contributed by atoms with Crippen LogP contribution in [0, 0.1) is 6.92 Å². The Morgan fingerprint density at radius 2 is 1.97 bits per heavy atom. The van der Waals surface area contributed by atoms with Crippen LogP contribution in [-0.2, 0) is 17.8 Å². The van der Waals surface area contributed by atoms with E-state index in [1.807, 2.05) is 60.6 Å². The standard InChI is InChI=1S/C25H23N5O2S/c1-15-14-33-25(26-15)27-21(31)13-30-20-10-6-3-7-16(20)17-11-12-29-23(22(17)30)28(2)19-9-5-4-8-18(19)24(29)32/h3-10,14,23H,11-13H2,1-2H3,(H,26,27,31). The van der Waals surface area contributed by atoms with Crippen LogP contribution in [0.4, 0.5) is 10.8 Å². The van der Waals surface area contributed by atoms with Gasteiger partial charge in [0.15, 0.2) is 5.13 Å². The second-order valence-electron chi connectivity index (χ2n) is 8.56. The maximum Gasteiger partial charge on any atom is 0.257 e. The van der Waals surface area contributed by atoms with Crippen molar-refractivity contribution in [3.63, 3.8) is 0 Å². The maximum atomic E-state index is 13.4. The molecular weight excluding hydrogens is 434 g/mol. The second kappa shape index (κ2) is 7.45. The lowest BCUT2D eigenvalue weighted by Crippen LogP contribution is -2.51. The highest BCUT2D eigenvalue weighted by atomic mass is 32.1. The van der Waals surface area contributed by atoms with Crippen LogP contribution < -0.4 is 10.2 Å². The zero-order valence-electron chi connectivity index (χ0n) is 18.4. The summed E-state index contributed by atoms with van der Waals surface area (Å²) in [5.41, 5.74) is 5.75. The largest absolute Gasteiger partial charge is 0.349 e. The van der Waals surface area contributed by atoms with Gasteiger partial charge in [0.05, 0.1) is 22.6 Å². The van der Waals surface area contributed by atoms with E-state index in [1.165, 1.54) is 16.9 Å². The number of hydrogen-bond acceptors (Lipinski definition) is 5. The van der Waals surface area contributed by atoms with Gasteiger partial charge in [-0.3, -0.25) is 9.59 Å². The summed E-state index contributed by atoms with van der Waals surface area (Å²) in [7, 11) is 2.03. The third-order valence-corrected chi connectivity index (χ3v) is 7.45. The van der Waals surface area contributed by atoms with Crippen molar-refractivity contribution < 1.29 is 9.59 Å². The monoisotopic (exact) mass is 457 g/mol. The Hall–Kier alpha value is -3.65. The summed E-state index contributed by atoms with van der Waals surface area (Å²) in [6.07, 6.45) is 0.493. The van der Waals surface area contributed by atoms with Crippen LogP contribution in [-0.4, -0.2) is 39.9 Å². The molecule has 2 aromatic heterocycles. The molecule has 0 aliphatic carbocycles. The highest BCUT2D eigenvalue weighted by Crippen LogP contribution is 2.44. The fraction of sp³-hybridized carbons (Fsp3) is 0.240. The normalized spacial score (nSPS) is 17.0. The summed E-state index contributed by atoms with van der Waals surface area (Å²) >= 11 is 1.42. The number of rotatable bonds is 3. The van der Waals surface area contributed by atoms with Crippen molar-refractivity contribution in [1.29, 1.82) is 0 Å². The minimum absolute atomic E-state index is 0.0406. The van der Waals surface area contributed by atoms with Gasteiger partial charge >= 0.3 is 0 Å². The number of nitrogens with one attached hydrogen (secondary N) is 1. The Labute approximate surface area is 195 Å². The quantitative estimate of drug-likeness (QED) is 0.501. The van der Waals surface area contributed by atoms with Gasteiger partial charge in [-0.05, 0) is 37.1 Å². The number of thiazole rings is 1. The summed E-state index contributed by atoms with van der Waals surface area (Å²) in [5.74, 6) is -0.0888. The highest BCUT2D eigenvalue weighted by molar-refractivity contribution is 7.13. The van der Waals surface area contributed by atoms with Crippen molar-refractivity contribution in [2.24, 2.45) is 0 Å². The molecule has 0 saturated heterocycles. The number of fused-ring (bicyclic) bond motifs is 6. The predicted molar refractivity (Wildman–Crippen MR) is 130 cm³/mol. The molecule has 0 spiro atoms. The fourth-order valence-electron chi connectivity index (χ4n) is 5.19. The van der Waals surface area contributed by atoms with Gasteiger partial charge in [-0.2, -0.15) is 0 Å². The number of para-hydroxylation sites is 2. The number of aromatic nitrogens is 2. The molecule has 4 aromatic rings. The van der Waals surface area contributed by atoms with Crippen molar-refractivity contribution in [3.8, 4) is 0 Å². The molecule has 0 saturated carbocycles. The van der Waals surface area contributed by atoms with E-state index in [9.17, 15) is 9.59 Å². The molecule has 4 heterocycles. The summed E-state index contributed by atoms with van der Waals surface area (Å²) in [4.78, 5) is 34.9. The predicted octanol–water partition coefficient (Wildman–Crippen LogP) is 4.19. The van der Waals surface area contributed by atoms with Gasteiger partial charge in [-0.1, -0.05) is 30.3 Å². The number of carbonyl (C=O) groups is 2. The minimum Gasteiger partial charge on any atom is -0.349 e. The number of carbonyl (C=O) groups excluding carboxylic acids is 2. The molecule has 0 radical (unpaired) electrons. The fourth-order valence-corrected chi connectivity index (χ4v) is 5.90. The van der Waals surface area contributed by atoms with E-state index in [-0.39, 0.29) is 24.5 Å². The Morgan fingerprint density at radius 3 is 2.79 bits per heavy atom. The molecule has 2 aromatic carbocycles. The molecule has 1 atom stereocenters. The van der Waals surface area contributed by atoms with Gasteiger partial charge < -0.3 is 19.7 Å². The third-order valence-electron chi connectivity index (χ3n) is 6.57. The summed E-state index contributed by atoms with van der Waals surface area (Å²) in [5, 5.41) is 6.59. The van der Waals surface area contributed by atoms with Crippen LogP contribution in [0.25, 0.3) is 10.9 Å². The van der Waals surface area contributed by atoms with Crippen molar-refractivity contribution in [3.05, 3.63) is 76.4 Å². The molecule has 7 nitrogen and oxygen atoms in total. The van der Waals surface area contributed by atoms with Crippen LogP contribution in [0.5, 0.6) is 0 Å². The summed E-state index contributed by atoms with van der Waals surface area (Å²) in [6.45, 7) is 2.71. The first-order chi connectivity index (χ1) is 16.0. The molecule has 0 bridgehead atoms. The van der Waals surface area contributed by atoms with E-state index in [1.54, 1.807) is 0 Å². The molecule has 2 aliphatic heterocycles. The van der Waals surface area contributed by atoms with Crippen LogP contribution >= 0.6 is 11.3 Å². The highest BCUT2D eigenvalue weighted by Gasteiger charge is 2.42. The molecule has 1 unspecified atom stereocenters. The zero-order valence-corrected chi connectivity index (χ0v) is 19.2. The Kier molecular flexibility index (Phi) is 4.51. The average Bonchev–Trinajstić information content (AvgIpc) is 3.38. The molecule has 166 valence electrons. The Bertz CT molecular complexity index is 1420. The first-order valence-corrected chi connectivity index (χ1v) is 11.9. The Morgan fingerprint density at radius 1 is 1.18 bits per heavy atom. The number of amides is 2. The van der Waals surface area contributed by atoms with Gasteiger partial charge in [0.2, 0.25) is 5.91 Å². The SMILES string of the molecule is Cc1csc(NC(=O)Cn2c3c(c4ccccc42)CCN2C(=O)c4ccccc4N(C)C32)n1. The molecule has 2 aliphatic rings. The number of anilines is 2. The lowest BCUT2D eigenvalue weighted by Gasteiger charge is -2.46. The zero-order chi connectivity index (χ0) is 22.7. The van der Waals surface area contributed by atoms with E-state index < -0.39 is 0 Å². The maximum absolute atomic E-state index is 13.4. The van der Waals surface area contributed by atoms with Crippen LogP contribution in [0.1, 0.15) is 33.5 Å².